The molecule has 1 aromatic rings. The average molecular weight is 204 g/mol. The molecular formula is C13H20N2. The Morgan fingerprint density at radius 2 is 2.00 bits per heavy atom. The molecule has 1 aliphatic heterocycles. The third kappa shape index (κ3) is 3.03. The van der Waals surface area contributed by atoms with Crippen molar-refractivity contribution in [1.29, 1.82) is 0 Å². The van der Waals surface area contributed by atoms with Crippen molar-refractivity contribution >= 4 is 0 Å². The van der Waals surface area contributed by atoms with Crippen LogP contribution in [0.3, 0.4) is 0 Å². The highest BCUT2D eigenvalue weighted by Crippen LogP contribution is 2.18. The van der Waals surface area contributed by atoms with E-state index in [0.717, 1.165) is 12.3 Å². The van der Waals surface area contributed by atoms with Crippen LogP contribution in [-0.2, 0) is 12.8 Å². The van der Waals surface area contributed by atoms with Crippen LogP contribution in [0.1, 0.15) is 30.9 Å². The van der Waals surface area contributed by atoms with E-state index in [4.69, 9.17) is 0 Å². The van der Waals surface area contributed by atoms with E-state index in [9.17, 15) is 0 Å². The minimum Gasteiger partial charge on any atom is -0.317 e. The Morgan fingerprint density at radius 3 is 2.73 bits per heavy atom. The van der Waals surface area contributed by atoms with Gasteiger partial charge in [0.15, 0.2) is 0 Å². The zero-order valence-corrected chi connectivity index (χ0v) is 9.50. The molecule has 0 radical (unpaired) electrons. The third-order valence-corrected chi connectivity index (χ3v) is 3.24. The first-order chi connectivity index (χ1) is 7.38. The molecule has 2 rings (SSSR count). The van der Waals surface area contributed by atoms with Gasteiger partial charge >= 0.3 is 0 Å². The van der Waals surface area contributed by atoms with E-state index >= 15 is 0 Å². The Hall–Kier alpha value is -0.890. The van der Waals surface area contributed by atoms with Gasteiger partial charge in [0, 0.05) is 12.4 Å². The lowest BCUT2D eigenvalue weighted by atomic mass is 9.91. The zero-order valence-electron chi connectivity index (χ0n) is 9.50. The van der Waals surface area contributed by atoms with E-state index < -0.39 is 0 Å². The van der Waals surface area contributed by atoms with Crippen LogP contribution in [0.25, 0.3) is 0 Å². The predicted octanol–water partition coefficient (Wildman–Crippen LogP) is 2.19. The monoisotopic (exact) mass is 204 g/mol. The molecule has 82 valence electrons. The smallest absolute Gasteiger partial charge is 0.0300 e. The van der Waals surface area contributed by atoms with Crippen LogP contribution in [-0.4, -0.2) is 18.1 Å². The SMILES string of the molecule is CCc1cncc(CC2CCNCC2)c1. The minimum absolute atomic E-state index is 0.861. The van der Waals surface area contributed by atoms with Crippen molar-refractivity contribution < 1.29 is 0 Å². The molecule has 1 N–H and O–H groups in total. The third-order valence-electron chi connectivity index (χ3n) is 3.24. The zero-order chi connectivity index (χ0) is 10.5. The van der Waals surface area contributed by atoms with Crippen LogP contribution in [0.2, 0.25) is 0 Å². The molecule has 0 spiro atoms. The highest BCUT2D eigenvalue weighted by molar-refractivity contribution is 5.18. The Bertz CT molecular complexity index is 303. The van der Waals surface area contributed by atoms with Crippen LogP contribution >= 0.6 is 0 Å². The van der Waals surface area contributed by atoms with E-state index in [0.29, 0.717) is 0 Å². The summed E-state index contributed by atoms with van der Waals surface area (Å²) in [5.74, 6) is 0.861. The molecule has 0 unspecified atom stereocenters. The molecule has 0 atom stereocenters. The summed E-state index contributed by atoms with van der Waals surface area (Å²) in [7, 11) is 0. The van der Waals surface area contributed by atoms with E-state index in [-0.39, 0.29) is 0 Å². The highest BCUT2D eigenvalue weighted by Gasteiger charge is 2.13. The van der Waals surface area contributed by atoms with Crippen LogP contribution in [0.15, 0.2) is 18.5 Å². The van der Waals surface area contributed by atoms with Crippen molar-refractivity contribution in [2.45, 2.75) is 32.6 Å². The minimum atomic E-state index is 0.861. The largest absolute Gasteiger partial charge is 0.317 e. The fraction of sp³-hybridized carbons (Fsp3) is 0.615. The van der Waals surface area contributed by atoms with Crippen molar-refractivity contribution in [3.05, 3.63) is 29.6 Å². The molecule has 2 nitrogen and oxygen atoms in total. The van der Waals surface area contributed by atoms with Gasteiger partial charge in [0.1, 0.15) is 0 Å². The van der Waals surface area contributed by atoms with Crippen LogP contribution < -0.4 is 5.32 Å². The lowest BCUT2D eigenvalue weighted by molar-refractivity contribution is 0.372. The maximum atomic E-state index is 4.31. The van der Waals surface area contributed by atoms with Crippen molar-refractivity contribution in [3.8, 4) is 0 Å². The van der Waals surface area contributed by atoms with E-state index in [1.807, 2.05) is 12.4 Å². The molecule has 1 saturated heterocycles. The number of aryl methyl sites for hydroxylation is 1. The van der Waals surface area contributed by atoms with Crippen molar-refractivity contribution in [2.75, 3.05) is 13.1 Å². The summed E-state index contributed by atoms with van der Waals surface area (Å²) < 4.78 is 0. The molecule has 2 heterocycles. The Balaban J connectivity index is 1.96. The van der Waals surface area contributed by atoms with Gasteiger partial charge in [-0.2, -0.15) is 0 Å². The molecule has 15 heavy (non-hydrogen) atoms. The number of nitrogens with zero attached hydrogens (tertiary/aromatic N) is 1. The van der Waals surface area contributed by atoms with Gasteiger partial charge in [0.05, 0.1) is 0 Å². The number of nitrogens with one attached hydrogen (secondary N) is 1. The molecule has 0 aromatic carbocycles. The van der Waals surface area contributed by atoms with Gasteiger partial charge in [-0.3, -0.25) is 4.98 Å². The van der Waals surface area contributed by atoms with Crippen LogP contribution in [0.5, 0.6) is 0 Å². The first-order valence-corrected chi connectivity index (χ1v) is 6.02. The summed E-state index contributed by atoms with van der Waals surface area (Å²) in [6.45, 7) is 4.56. The van der Waals surface area contributed by atoms with Crippen LogP contribution in [0, 0.1) is 5.92 Å². The van der Waals surface area contributed by atoms with Gasteiger partial charge in [-0.15, -0.1) is 0 Å². The first kappa shape index (κ1) is 10.6. The fourth-order valence-corrected chi connectivity index (χ4v) is 2.27. The number of hydrogen-bond donors (Lipinski definition) is 1. The summed E-state index contributed by atoms with van der Waals surface area (Å²) in [4.78, 5) is 4.31. The lowest BCUT2D eigenvalue weighted by Crippen LogP contribution is -2.28. The van der Waals surface area contributed by atoms with Gasteiger partial charge in [-0.05, 0) is 55.8 Å². The van der Waals surface area contributed by atoms with Crippen LogP contribution in [0.4, 0.5) is 0 Å². The summed E-state index contributed by atoms with van der Waals surface area (Å²) in [6.07, 6.45) is 8.94. The molecule has 0 amide bonds. The average Bonchev–Trinajstić information content (AvgIpc) is 2.31. The van der Waals surface area contributed by atoms with E-state index in [1.165, 1.54) is 43.5 Å². The lowest BCUT2D eigenvalue weighted by Gasteiger charge is -2.22. The fourth-order valence-electron chi connectivity index (χ4n) is 2.27. The molecule has 1 aliphatic rings. The number of pyridine rings is 1. The molecule has 1 aromatic heterocycles. The topological polar surface area (TPSA) is 24.9 Å². The number of aromatic nitrogens is 1. The van der Waals surface area contributed by atoms with Crippen molar-refractivity contribution in [2.24, 2.45) is 5.92 Å². The Kier molecular flexibility index (Phi) is 3.73. The quantitative estimate of drug-likeness (QED) is 0.816. The molecule has 0 bridgehead atoms. The van der Waals surface area contributed by atoms with Gasteiger partial charge in [0.2, 0.25) is 0 Å². The highest BCUT2D eigenvalue weighted by atomic mass is 14.9. The second-order valence-electron chi connectivity index (χ2n) is 4.45. The van der Waals surface area contributed by atoms with Crippen molar-refractivity contribution in [3.63, 3.8) is 0 Å². The van der Waals surface area contributed by atoms with Gasteiger partial charge < -0.3 is 5.32 Å². The second kappa shape index (κ2) is 5.26. The summed E-state index contributed by atoms with van der Waals surface area (Å²) in [5.41, 5.74) is 2.78. The van der Waals surface area contributed by atoms with Gasteiger partial charge in [-0.1, -0.05) is 13.0 Å². The van der Waals surface area contributed by atoms with E-state index in [2.05, 4.69) is 23.3 Å². The number of rotatable bonds is 3. The van der Waals surface area contributed by atoms with Gasteiger partial charge in [-0.25, -0.2) is 0 Å². The molecule has 2 heteroatoms. The Morgan fingerprint density at radius 1 is 1.27 bits per heavy atom. The molecule has 1 fully saturated rings. The molecular weight excluding hydrogens is 184 g/mol. The predicted molar refractivity (Wildman–Crippen MR) is 62.9 cm³/mol. The summed E-state index contributed by atoms with van der Waals surface area (Å²) in [5, 5.41) is 3.41. The number of hydrogen-bond acceptors (Lipinski definition) is 2. The summed E-state index contributed by atoms with van der Waals surface area (Å²) >= 11 is 0. The second-order valence-corrected chi connectivity index (χ2v) is 4.45. The molecule has 0 saturated carbocycles. The maximum Gasteiger partial charge on any atom is 0.0300 e. The van der Waals surface area contributed by atoms with Gasteiger partial charge in [0.25, 0.3) is 0 Å². The first-order valence-electron chi connectivity index (χ1n) is 6.02. The molecule has 0 aliphatic carbocycles. The summed E-state index contributed by atoms with van der Waals surface area (Å²) in [6, 6.07) is 2.31. The van der Waals surface area contributed by atoms with Crippen molar-refractivity contribution in [1.82, 2.24) is 10.3 Å². The Labute approximate surface area is 92.1 Å². The standard InChI is InChI=1S/C13H20N2/c1-2-11-7-13(10-15-9-11)8-12-3-5-14-6-4-12/h7,9-10,12,14H,2-6,8H2,1H3. The maximum absolute atomic E-state index is 4.31. The normalized spacial score (nSPS) is 17.9. The number of piperidine rings is 1. The van der Waals surface area contributed by atoms with E-state index in [1.54, 1.807) is 0 Å².